The highest BCUT2D eigenvalue weighted by atomic mass is 19.1. The first-order chi connectivity index (χ1) is 15.8. The van der Waals surface area contributed by atoms with Crippen LogP contribution in [0.25, 0.3) is 0 Å². The van der Waals surface area contributed by atoms with Gasteiger partial charge in [0.05, 0.1) is 14.2 Å². The summed E-state index contributed by atoms with van der Waals surface area (Å²) in [5.74, 6) is -0.945. The summed E-state index contributed by atoms with van der Waals surface area (Å²) in [5.41, 5.74) is 1.31. The highest BCUT2D eigenvalue weighted by molar-refractivity contribution is 6.10. The van der Waals surface area contributed by atoms with E-state index in [1.54, 1.807) is 31.2 Å². The van der Waals surface area contributed by atoms with Gasteiger partial charge >= 0.3 is 0 Å². The molecule has 0 bridgehead atoms. The number of carbonyl (C=O) groups is 2. The van der Waals surface area contributed by atoms with Crippen molar-refractivity contribution in [3.63, 3.8) is 0 Å². The van der Waals surface area contributed by atoms with Crippen molar-refractivity contribution in [2.45, 2.75) is 19.5 Å². The second-order valence-electron chi connectivity index (χ2n) is 7.24. The summed E-state index contributed by atoms with van der Waals surface area (Å²) in [5, 5.41) is 2.75. The largest absolute Gasteiger partial charge is 0.493 e. The predicted octanol–water partition coefficient (Wildman–Crippen LogP) is 4.33. The van der Waals surface area contributed by atoms with Crippen molar-refractivity contribution in [3.8, 4) is 11.5 Å². The lowest BCUT2D eigenvalue weighted by Crippen LogP contribution is -2.48. The molecule has 3 aromatic rings. The van der Waals surface area contributed by atoms with E-state index in [9.17, 15) is 18.4 Å². The lowest BCUT2D eigenvalue weighted by molar-refractivity contribution is -0.122. The maximum absolute atomic E-state index is 13.5. The van der Waals surface area contributed by atoms with Gasteiger partial charge in [0.15, 0.2) is 11.5 Å². The van der Waals surface area contributed by atoms with Gasteiger partial charge in [-0.1, -0.05) is 12.1 Å². The molecule has 1 atom stereocenters. The summed E-state index contributed by atoms with van der Waals surface area (Å²) in [6.45, 7) is 1.73. The molecule has 6 nitrogen and oxygen atoms in total. The van der Waals surface area contributed by atoms with E-state index in [1.807, 2.05) is 0 Å². The molecule has 3 aromatic carbocycles. The summed E-state index contributed by atoms with van der Waals surface area (Å²) in [6, 6.07) is 14.7. The Morgan fingerprint density at radius 2 is 1.45 bits per heavy atom. The minimum atomic E-state index is -0.934. The Balaban J connectivity index is 1.88. The zero-order chi connectivity index (χ0) is 24.0. The molecule has 0 saturated heterocycles. The Bertz CT molecular complexity index is 1120. The predicted molar refractivity (Wildman–Crippen MR) is 120 cm³/mol. The monoisotopic (exact) mass is 454 g/mol. The van der Waals surface area contributed by atoms with Crippen LogP contribution in [0.2, 0.25) is 0 Å². The van der Waals surface area contributed by atoms with Crippen LogP contribution < -0.4 is 19.7 Å². The third kappa shape index (κ3) is 5.65. The van der Waals surface area contributed by atoms with Gasteiger partial charge in [-0.05, 0) is 67.1 Å². The molecule has 0 heterocycles. The van der Waals surface area contributed by atoms with Crippen LogP contribution in [-0.2, 0) is 11.3 Å². The van der Waals surface area contributed by atoms with Crippen molar-refractivity contribution in [1.29, 1.82) is 0 Å². The van der Waals surface area contributed by atoms with Gasteiger partial charge in [0.1, 0.15) is 17.7 Å². The van der Waals surface area contributed by atoms with Crippen LogP contribution in [0.3, 0.4) is 0 Å². The summed E-state index contributed by atoms with van der Waals surface area (Å²) >= 11 is 0. The number of hydrogen-bond donors (Lipinski definition) is 1. The van der Waals surface area contributed by atoms with Crippen molar-refractivity contribution in [2.24, 2.45) is 0 Å². The molecular formula is C25H24F2N2O4. The van der Waals surface area contributed by atoms with Crippen LogP contribution in [0.4, 0.5) is 14.5 Å². The zero-order valence-corrected chi connectivity index (χ0v) is 18.5. The molecule has 0 spiro atoms. The minimum absolute atomic E-state index is 0.158. The van der Waals surface area contributed by atoms with Crippen molar-refractivity contribution in [3.05, 3.63) is 89.5 Å². The Morgan fingerprint density at radius 1 is 0.879 bits per heavy atom. The summed E-state index contributed by atoms with van der Waals surface area (Å²) < 4.78 is 37.1. The van der Waals surface area contributed by atoms with E-state index >= 15 is 0 Å². The molecule has 0 aliphatic rings. The molecule has 0 aliphatic carbocycles. The summed E-state index contributed by atoms with van der Waals surface area (Å²) in [7, 11) is 2.94. The van der Waals surface area contributed by atoms with E-state index in [4.69, 9.17) is 9.47 Å². The Labute approximate surface area is 190 Å². The average molecular weight is 454 g/mol. The quantitative estimate of drug-likeness (QED) is 0.550. The molecule has 1 N–H and O–H groups in total. The fourth-order valence-corrected chi connectivity index (χ4v) is 3.28. The smallest absolute Gasteiger partial charge is 0.259 e. The number of benzene rings is 3. The molecule has 0 unspecified atom stereocenters. The fraction of sp³-hybridized carbons (Fsp3) is 0.200. The average Bonchev–Trinajstić information content (AvgIpc) is 2.84. The lowest BCUT2D eigenvalue weighted by atomic mass is 10.1. The zero-order valence-electron chi connectivity index (χ0n) is 18.5. The number of anilines is 1. The minimum Gasteiger partial charge on any atom is -0.493 e. The highest BCUT2D eigenvalue weighted by Crippen LogP contribution is 2.29. The molecule has 8 heteroatoms. The molecule has 0 saturated carbocycles. The molecule has 3 rings (SSSR count). The van der Waals surface area contributed by atoms with Crippen molar-refractivity contribution in [1.82, 2.24) is 5.32 Å². The van der Waals surface area contributed by atoms with Crippen LogP contribution >= 0.6 is 0 Å². The number of amides is 2. The number of nitrogens with one attached hydrogen (secondary N) is 1. The molecule has 172 valence electrons. The van der Waals surface area contributed by atoms with E-state index in [-0.39, 0.29) is 17.9 Å². The van der Waals surface area contributed by atoms with Crippen molar-refractivity contribution >= 4 is 17.5 Å². The van der Waals surface area contributed by atoms with Gasteiger partial charge in [-0.15, -0.1) is 0 Å². The van der Waals surface area contributed by atoms with Crippen LogP contribution in [-0.4, -0.2) is 32.1 Å². The standard InChI is InChI=1S/C25H24F2N2O4/c1-16(24(30)28-15-17-4-7-19(26)8-5-17)29(21-11-9-20(27)10-12-21)25(31)18-6-13-22(32-2)23(14-18)33-3/h4-14,16H,15H2,1-3H3,(H,28,30)/t16-/m1/s1. The van der Waals surface area contributed by atoms with Gasteiger partial charge in [-0.3, -0.25) is 14.5 Å². The summed E-state index contributed by atoms with van der Waals surface area (Å²) in [6.07, 6.45) is 0. The van der Waals surface area contributed by atoms with E-state index in [0.717, 1.165) is 0 Å². The van der Waals surface area contributed by atoms with Crippen LogP contribution in [0, 0.1) is 11.6 Å². The number of carbonyl (C=O) groups excluding carboxylic acids is 2. The van der Waals surface area contributed by atoms with Crippen LogP contribution in [0.1, 0.15) is 22.8 Å². The maximum atomic E-state index is 13.5. The van der Waals surface area contributed by atoms with Gasteiger partial charge in [0.25, 0.3) is 5.91 Å². The fourth-order valence-electron chi connectivity index (χ4n) is 3.28. The first kappa shape index (κ1) is 23.7. The number of hydrogen-bond acceptors (Lipinski definition) is 4. The normalized spacial score (nSPS) is 11.4. The molecule has 33 heavy (non-hydrogen) atoms. The number of nitrogens with zero attached hydrogens (tertiary/aromatic N) is 1. The molecule has 0 radical (unpaired) electrons. The van der Waals surface area contributed by atoms with E-state index in [1.165, 1.54) is 61.6 Å². The Hall–Kier alpha value is -3.94. The number of rotatable bonds is 8. The molecule has 0 aromatic heterocycles. The van der Waals surface area contributed by atoms with Gasteiger partial charge in [-0.25, -0.2) is 8.78 Å². The number of methoxy groups -OCH3 is 2. The molecular weight excluding hydrogens is 430 g/mol. The summed E-state index contributed by atoms with van der Waals surface area (Å²) in [4.78, 5) is 27.7. The number of ether oxygens (including phenoxy) is 2. The van der Waals surface area contributed by atoms with Crippen LogP contribution in [0.15, 0.2) is 66.7 Å². The number of halogens is 2. The second-order valence-corrected chi connectivity index (χ2v) is 7.24. The Kier molecular flexibility index (Phi) is 7.61. The van der Waals surface area contributed by atoms with E-state index in [0.29, 0.717) is 22.7 Å². The third-order valence-corrected chi connectivity index (χ3v) is 5.10. The molecule has 0 aliphatic heterocycles. The Morgan fingerprint density at radius 3 is 2.03 bits per heavy atom. The van der Waals surface area contributed by atoms with Gasteiger partial charge in [0.2, 0.25) is 5.91 Å². The first-order valence-electron chi connectivity index (χ1n) is 10.2. The van der Waals surface area contributed by atoms with Gasteiger partial charge in [0, 0.05) is 17.8 Å². The van der Waals surface area contributed by atoms with Gasteiger partial charge in [-0.2, -0.15) is 0 Å². The van der Waals surface area contributed by atoms with Gasteiger partial charge < -0.3 is 14.8 Å². The maximum Gasteiger partial charge on any atom is 0.259 e. The van der Waals surface area contributed by atoms with Crippen molar-refractivity contribution in [2.75, 3.05) is 19.1 Å². The molecule has 2 amide bonds. The third-order valence-electron chi connectivity index (χ3n) is 5.10. The SMILES string of the molecule is COc1ccc(C(=O)N(c2ccc(F)cc2)[C@H](C)C(=O)NCc2ccc(F)cc2)cc1OC. The van der Waals surface area contributed by atoms with Crippen LogP contribution in [0.5, 0.6) is 11.5 Å². The highest BCUT2D eigenvalue weighted by Gasteiger charge is 2.29. The topological polar surface area (TPSA) is 67.9 Å². The van der Waals surface area contributed by atoms with E-state index < -0.39 is 23.7 Å². The molecule has 0 fully saturated rings. The lowest BCUT2D eigenvalue weighted by Gasteiger charge is -2.29. The first-order valence-corrected chi connectivity index (χ1v) is 10.2. The second kappa shape index (κ2) is 10.6. The van der Waals surface area contributed by atoms with E-state index in [2.05, 4.69) is 5.32 Å². The van der Waals surface area contributed by atoms with Crippen molar-refractivity contribution < 1.29 is 27.8 Å².